The molecule has 0 saturated carbocycles. The van der Waals surface area contributed by atoms with Crippen LogP contribution in [-0.4, -0.2) is 26.4 Å². The van der Waals surface area contributed by atoms with Crippen LogP contribution in [0.15, 0.2) is 85.1 Å². The van der Waals surface area contributed by atoms with Crippen LogP contribution < -0.4 is 10.6 Å². The highest BCUT2D eigenvalue weighted by atomic mass is 16.2. The summed E-state index contributed by atoms with van der Waals surface area (Å²) < 4.78 is 1.82. The van der Waals surface area contributed by atoms with Gasteiger partial charge in [0.15, 0.2) is 11.5 Å². The Balaban J connectivity index is 1.57. The molecule has 2 aromatic carbocycles. The molecule has 7 nitrogen and oxygen atoms in total. The number of aromatic nitrogens is 3. The number of benzene rings is 2. The molecule has 7 heteroatoms. The summed E-state index contributed by atoms with van der Waals surface area (Å²) in [5.74, 6) is -0.0361. The normalized spacial score (nSPS) is 12.8. The maximum absolute atomic E-state index is 13.2. The first-order valence-electron chi connectivity index (χ1n) is 9.64. The van der Waals surface area contributed by atoms with Crippen LogP contribution in [0.3, 0.4) is 0 Å². The zero-order valence-corrected chi connectivity index (χ0v) is 16.4. The molecule has 4 rings (SSSR count). The van der Waals surface area contributed by atoms with Crippen LogP contribution in [0.1, 0.15) is 40.8 Å². The van der Waals surface area contributed by atoms with Gasteiger partial charge >= 0.3 is 0 Å². The van der Waals surface area contributed by atoms with Crippen molar-refractivity contribution in [3.05, 3.63) is 102 Å². The lowest BCUT2D eigenvalue weighted by atomic mass is 10.0. The zero-order chi connectivity index (χ0) is 20.9. The van der Waals surface area contributed by atoms with Crippen molar-refractivity contribution in [2.75, 3.05) is 0 Å². The van der Waals surface area contributed by atoms with Crippen LogP contribution in [-0.2, 0) is 4.79 Å². The summed E-state index contributed by atoms with van der Waals surface area (Å²) in [6.45, 7) is 1.84. The van der Waals surface area contributed by atoms with Gasteiger partial charge in [0.2, 0.25) is 5.91 Å². The molecule has 0 radical (unpaired) electrons. The fourth-order valence-corrected chi connectivity index (χ4v) is 3.27. The predicted molar refractivity (Wildman–Crippen MR) is 113 cm³/mol. The lowest BCUT2D eigenvalue weighted by Gasteiger charge is -2.21. The third kappa shape index (κ3) is 4.05. The van der Waals surface area contributed by atoms with E-state index in [1.165, 1.54) is 0 Å². The third-order valence-electron chi connectivity index (χ3n) is 4.79. The van der Waals surface area contributed by atoms with Crippen molar-refractivity contribution in [1.29, 1.82) is 0 Å². The van der Waals surface area contributed by atoms with Gasteiger partial charge in [-0.25, -0.2) is 0 Å². The Kier molecular flexibility index (Phi) is 5.52. The SMILES string of the molecule is CC(NC(=O)C(NC(=O)c1ccccc1)c1ccccc1)c1nnc2ccccn12. The first-order chi connectivity index (χ1) is 14.6. The summed E-state index contributed by atoms with van der Waals surface area (Å²) in [7, 11) is 0. The molecule has 0 aliphatic rings. The van der Waals surface area contributed by atoms with Crippen LogP contribution in [0.4, 0.5) is 0 Å². The van der Waals surface area contributed by atoms with Crippen molar-refractivity contribution < 1.29 is 9.59 Å². The van der Waals surface area contributed by atoms with Gasteiger partial charge in [0.05, 0.1) is 6.04 Å². The quantitative estimate of drug-likeness (QED) is 0.522. The van der Waals surface area contributed by atoms with Gasteiger partial charge in [-0.05, 0) is 36.8 Å². The Morgan fingerprint density at radius 2 is 1.50 bits per heavy atom. The van der Waals surface area contributed by atoms with Crippen molar-refractivity contribution in [2.45, 2.75) is 19.0 Å². The molecule has 30 heavy (non-hydrogen) atoms. The number of rotatable bonds is 6. The molecule has 2 unspecified atom stereocenters. The van der Waals surface area contributed by atoms with Crippen LogP contribution in [0, 0.1) is 0 Å². The minimum atomic E-state index is -0.847. The molecule has 0 bridgehead atoms. The molecule has 2 N–H and O–H groups in total. The number of carbonyl (C=O) groups excluding carboxylic acids is 2. The lowest BCUT2D eigenvalue weighted by molar-refractivity contribution is -0.123. The second kappa shape index (κ2) is 8.57. The van der Waals surface area contributed by atoms with Gasteiger partial charge in [0.1, 0.15) is 6.04 Å². The average molecular weight is 399 g/mol. The number of pyridine rings is 1. The standard InChI is InChI=1S/C23H21N5O2/c1-16(21-27-26-19-14-8-9-15-28(19)21)24-23(30)20(17-10-4-2-5-11-17)25-22(29)18-12-6-3-7-13-18/h2-16,20H,1H3,(H,24,30)(H,25,29). The summed E-state index contributed by atoms with van der Waals surface area (Å²) >= 11 is 0. The largest absolute Gasteiger partial charge is 0.344 e. The molecule has 0 aliphatic carbocycles. The van der Waals surface area contributed by atoms with E-state index in [4.69, 9.17) is 0 Å². The predicted octanol–water partition coefficient (Wildman–Crippen LogP) is 3.08. The van der Waals surface area contributed by atoms with Gasteiger partial charge in [0, 0.05) is 11.8 Å². The number of hydrogen-bond donors (Lipinski definition) is 2. The van der Waals surface area contributed by atoms with E-state index in [0.717, 1.165) is 0 Å². The Labute approximate surface area is 173 Å². The molecule has 2 heterocycles. The van der Waals surface area contributed by atoms with Crippen LogP contribution >= 0.6 is 0 Å². The number of carbonyl (C=O) groups is 2. The molecular formula is C23H21N5O2. The van der Waals surface area contributed by atoms with Crippen molar-refractivity contribution in [2.24, 2.45) is 0 Å². The molecule has 150 valence electrons. The Bertz CT molecular complexity index is 1160. The van der Waals surface area contributed by atoms with Crippen molar-refractivity contribution in [3.8, 4) is 0 Å². The zero-order valence-electron chi connectivity index (χ0n) is 16.4. The fraction of sp³-hybridized carbons (Fsp3) is 0.130. The van der Waals surface area contributed by atoms with Gasteiger partial charge in [0.25, 0.3) is 5.91 Å². The molecule has 0 fully saturated rings. The van der Waals surface area contributed by atoms with Gasteiger partial charge in [-0.3, -0.25) is 14.0 Å². The third-order valence-corrected chi connectivity index (χ3v) is 4.79. The number of nitrogens with zero attached hydrogens (tertiary/aromatic N) is 3. The van der Waals surface area contributed by atoms with E-state index in [1.807, 2.05) is 72.1 Å². The smallest absolute Gasteiger partial charge is 0.252 e. The molecule has 0 saturated heterocycles. The molecule has 2 atom stereocenters. The van der Waals surface area contributed by atoms with E-state index in [0.29, 0.717) is 22.6 Å². The molecule has 2 amide bonds. The number of fused-ring (bicyclic) bond motifs is 1. The Morgan fingerprint density at radius 1 is 0.833 bits per heavy atom. The highest BCUT2D eigenvalue weighted by molar-refractivity contribution is 5.97. The highest BCUT2D eigenvalue weighted by Crippen LogP contribution is 2.17. The maximum Gasteiger partial charge on any atom is 0.252 e. The van der Waals surface area contributed by atoms with E-state index < -0.39 is 12.1 Å². The average Bonchev–Trinajstić information content (AvgIpc) is 3.23. The summed E-state index contributed by atoms with van der Waals surface area (Å²) in [5.41, 5.74) is 1.88. The summed E-state index contributed by atoms with van der Waals surface area (Å²) in [5, 5.41) is 14.1. The van der Waals surface area contributed by atoms with E-state index in [2.05, 4.69) is 20.8 Å². The molecule has 4 aromatic rings. The topological polar surface area (TPSA) is 88.4 Å². The second-order valence-corrected chi connectivity index (χ2v) is 6.90. The summed E-state index contributed by atoms with van der Waals surface area (Å²) in [4.78, 5) is 25.9. The molecular weight excluding hydrogens is 378 g/mol. The monoisotopic (exact) mass is 399 g/mol. The van der Waals surface area contributed by atoms with Crippen molar-refractivity contribution in [1.82, 2.24) is 25.2 Å². The Hall–Kier alpha value is -4.00. The molecule has 0 aliphatic heterocycles. The van der Waals surface area contributed by atoms with Crippen LogP contribution in [0.5, 0.6) is 0 Å². The van der Waals surface area contributed by atoms with Gasteiger partial charge in [-0.2, -0.15) is 0 Å². The number of nitrogens with one attached hydrogen (secondary N) is 2. The van der Waals surface area contributed by atoms with Crippen molar-refractivity contribution >= 4 is 17.5 Å². The first kappa shape index (κ1) is 19.3. The van der Waals surface area contributed by atoms with E-state index >= 15 is 0 Å². The minimum absolute atomic E-state index is 0.319. The lowest BCUT2D eigenvalue weighted by Crippen LogP contribution is -2.41. The van der Waals surface area contributed by atoms with Crippen molar-refractivity contribution in [3.63, 3.8) is 0 Å². The number of amides is 2. The van der Waals surface area contributed by atoms with E-state index in [1.54, 1.807) is 24.3 Å². The maximum atomic E-state index is 13.2. The number of hydrogen-bond acceptors (Lipinski definition) is 4. The minimum Gasteiger partial charge on any atom is -0.344 e. The summed E-state index contributed by atoms with van der Waals surface area (Å²) in [6.07, 6.45) is 1.85. The first-order valence-corrected chi connectivity index (χ1v) is 9.64. The van der Waals surface area contributed by atoms with Crippen LogP contribution in [0.2, 0.25) is 0 Å². The fourth-order valence-electron chi connectivity index (χ4n) is 3.27. The van der Waals surface area contributed by atoms with Crippen LogP contribution in [0.25, 0.3) is 5.65 Å². The summed E-state index contributed by atoms with van der Waals surface area (Å²) in [6, 6.07) is 22.3. The van der Waals surface area contributed by atoms with Gasteiger partial charge in [-0.15, -0.1) is 10.2 Å². The molecule has 2 aromatic heterocycles. The Morgan fingerprint density at radius 3 is 2.23 bits per heavy atom. The van der Waals surface area contributed by atoms with E-state index in [9.17, 15) is 9.59 Å². The second-order valence-electron chi connectivity index (χ2n) is 6.90. The van der Waals surface area contributed by atoms with Gasteiger partial charge in [-0.1, -0.05) is 54.6 Å². The molecule has 0 spiro atoms. The van der Waals surface area contributed by atoms with Gasteiger partial charge < -0.3 is 10.6 Å². The highest BCUT2D eigenvalue weighted by Gasteiger charge is 2.26. The van der Waals surface area contributed by atoms with E-state index in [-0.39, 0.29) is 11.8 Å².